The number of thiazole rings is 1. The van der Waals surface area contributed by atoms with Gasteiger partial charge in [0.15, 0.2) is 0 Å². The molecular formula is C26H22FN3O5S2. The molecule has 1 N–H and O–H groups in total. The maximum Gasteiger partial charge on any atom is 0.291 e. The molecular weight excluding hydrogens is 517 g/mol. The van der Waals surface area contributed by atoms with E-state index in [0.29, 0.717) is 24.2 Å². The molecule has 5 rings (SSSR count). The minimum atomic E-state index is -4.12. The van der Waals surface area contributed by atoms with Gasteiger partial charge >= 0.3 is 0 Å². The smallest absolute Gasteiger partial charge is 0.291 e. The topological polar surface area (TPSA) is 107 Å². The molecule has 0 atom stereocenters. The van der Waals surface area contributed by atoms with Crippen LogP contribution in [0.1, 0.15) is 28.8 Å². The Balaban J connectivity index is 1.20. The van der Waals surface area contributed by atoms with Crippen LogP contribution in [0.3, 0.4) is 0 Å². The summed E-state index contributed by atoms with van der Waals surface area (Å²) >= 11 is 0.869. The Morgan fingerprint density at radius 2 is 1.92 bits per heavy atom. The minimum Gasteiger partial charge on any atom is -0.489 e. The summed E-state index contributed by atoms with van der Waals surface area (Å²) in [7, 11) is -4.12. The lowest BCUT2D eigenvalue weighted by atomic mass is 10.1. The highest BCUT2D eigenvalue weighted by Crippen LogP contribution is 2.30. The van der Waals surface area contributed by atoms with E-state index in [9.17, 15) is 17.6 Å². The number of sulfonamides is 1. The Bertz CT molecular complexity index is 1510. The highest BCUT2D eigenvalue weighted by molar-refractivity contribution is 7.92. The first kappa shape index (κ1) is 24.8. The summed E-state index contributed by atoms with van der Waals surface area (Å²) in [5.74, 6) is 0.130. The maximum absolute atomic E-state index is 14.7. The lowest BCUT2D eigenvalue weighted by Gasteiger charge is -2.11. The van der Waals surface area contributed by atoms with Gasteiger partial charge in [0.2, 0.25) is 10.2 Å². The first-order valence-corrected chi connectivity index (χ1v) is 13.8. The number of amides is 1. The average Bonchev–Trinajstić information content (AvgIpc) is 3.55. The zero-order valence-corrected chi connectivity index (χ0v) is 21.1. The second kappa shape index (κ2) is 10.7. The molecule has 1 fully saturated rings. The number of ether oxygens (including phenoxy) is 2. The van der Waals surface area contributed by atoms with Crippen LogP contribution >= 0.6 is 11.3 Å². The van der Waals surface area contributed by atoms with Crippen molar-refractivity contribution in [1.82, 2.24) is 14.7 Å². The van der Waals surface area contributed by atoms with Crippen LogP contribution in [-0.2, 0) is 16.6 Å². The molecule has 0 spiro atoms. The molecule has 2 heterocycles. The van der Waals surface area contributed by atoms with Gasteiger partial charge in [0.05, 0.1) is 6.61 Å². The Morgan fingerprint density at radius 1 is 1.05 bits per heavy atom. The van der Waals surface area contributed by atoms with Gasteiger partial charge in [0.1, 0.15) is 18.2 Å². The molecule has 4 aromatic rings. The third-order valence-corrected chi connectivity index (χ3v) is 8.17. The molecule has 11 heteroatoms. The van der Waals surface area contributed by atoms with E-state index in [1.807, 2.05) is 35.1 Å². The molecule has 0 unspecified atom stereocenters. The van der Waals surface area contributed by atoms with Gasteiger partial charge in [-0.3, -0.25) is 4.79 Å². The highest BCUT2D eigenvalue weighted by atomic mass is 32.2. The lowest BCUT2D eigenvalue weighted by molar-refractivity contribution is 0.0981. The number of carbonyl (C=O) groups excluding carboxylic acids is 1. The van der Waals surface area contributed by atoms with Gasteiger partial charge in [0, 0.05) is 40.5 Å². The summed E-state index contributed by atoms with van der Waals surface area (Å²) in [6.45, 7) is 0.615. The number of hydrogen-bond donors (Lipinski definition) is 1. The van der Waals surface area contributed by atoms with Gasteiger partial charge < -0.3 is 9.47 Å². The number of rotatable bonds is 10. The van der Waals surface area contributed by atoms with E-state index in [2.05, 4.69) is 9.97 Å². The Hall–Kier alpha value is -3.83. The fourth-order valence-corrected chi connectivity index (χ4v) is 5.23. The molecule has 1 amide bonds. The molecule has 37 heavy (non-hydrogen) atoms. The lowest BCUT2D eigenvalue weighted by Crippen LogP contribution is -2.30. The van der Waals surface area contributed by atoms with Crippen molar-refractivity contribution in [2.24, 2.45) is 5.92 Å². The third-order valence-electron chi connectivity index (χ3n) is 5.64. The van der Waals surface area contributed by atoms with Crippen molar-refractivity contribution in [3.63, 3.8) is 0 Å². The fraction of sp³-hybridized carbons (Fsp3) is 0.192. The van der Waals surface area contributed by atoms with Crippen LogP contribution < -0.4 is 14.2 Å². The van der Waals surface area contributed by atoms with Gasteiger partial charge in [-0.2, -0.15) is 8.42 Å². The van der Waals surface area contributed by atoms with Crippen LogP contribution in [-0.4, -0.2) is 30.9 Å². The first-order valence-electron chi connectivity index (χ1n) is 11.4. The number of carbonyl (C=O) groups is 1. The van der Waals surface area contributed by atoms with Crippen LogP contribution in [0.2, 0.25) is 0 Å². The molecule has 2 aromatic carbocycles. The van der Waals surface area contributed by atoms with Crippen LogP contribution in [0.25, 0.3) is 11.1 Å². The monoisotopic (exact) mass is 539 g/mol. The van der Waals surface area contributed by atoms with E-state index < -0.39 is 21.7 Å². The number of pyridine rings is 1. The second-order valence-electron chi connectivity index (χ2n) is 8.49. The van der Waals surface area contributed by atoms with Crippen molar-refractivity contribution in [1.29, 1.82) is 0 Å². The number of halogens is 1. The molecule has 0 bridgehead atoms. The molecule has 2 aromatic heterocycles. The van der Waals surface area contributed by atoms with Crippen molar-refractivity contribution in [3.05, 3.63) is 89.3 Å². The number of nitrogens with zero attached hydrogens (tertiary/aromatic N) is 2. The standard InChI is InChI=1S/C26H22FN3O5S2/c27-23-13-19(25(31)30-37(32,33)26-28-10-11-36-26)6-7-21(23)16-34-22-3-1-2-18(12-22)20-8-9-24(29-14-20)35-15-17-4-5-17/h1-3,6-14,17H,4-5,15-16H2,(H,30,31). The molecule has 0 radical (unpaired) electrons. The summed E-state index contributed by atoms with van der Waals surface area (Å²) in [6.07, 6.45) is 5.48. The quantitative estimate of drug-likeness (QED) is 0.308. The zero-order chi connectivity index (χ0) is 25.8. The summed E-state index contributed by atoms with van der Waals surface area (Å²) in [5, 5.41) is 1.47. The average molecular weight is 540 g/mol. The number of nitrogens with one attached hydrogen (secondary N) is 1. The molecule has 8 nitrogen and oxygen atoms in total. The summed E-state index contributed by atoms with van der Waals surface area (Å²) in [4.78, 5) is 20.4. The Labute approximate surface area is 217 Å². The zero-order valence-electron chi connectivity index (χ0n) is 19.5. The highest BCUT2D eigenvalue weighted by Gasteiger charge is 2.23. The molecule has 0 saturated heterocycles. The predicted molar refractivity (Wildman–Crippen MR) is 135 cm³/mol. The number of benzene rings is 2. The van der Waals surface area contributed by atoms with Gasteiger partial charge in [-0.25, -0.2) is 19.1 Å². The third kappa shape index (κ3) is 6.30. The molecule has 0 aliphatic heterocycles. The van der Waals surface area contributed by atoms with Crippen LogP contribution in [0, 0.1) is 11.7 Å². The van der Waals surface area contributed by atoms with E-state index in [4.69, 9.17) is 9.47 Å². The number of hydrogen-bond acceptors (Lipinski definition) is 8. The maximum atomic E-state index is 14.7. The fourth-order valence-electron chi connectivity index (χ4n) is 3.42. The Kier molecular flexibility index (Phi) is 7.15. The molecule has 190 valence electrons. The van der Waals surface area contributed by atoms with E-state index in [-0.39, 0.29) is 22.1 Å². The van der Waals surface area contributed by atoms with E-state index in [1.165, 1.54) is 36.6 Å². The van der Waals surface area contributed by atoms with Crippen molar-refractivity contribution in [2.45, 2.75) is 23.8 Å². The van der Waals surface area contributed by atoms with E-state index in [0.717, 1.165) is 28.5 Å². The largest absolute Gasteiger partial charge is 0.489 e. The number of aromatic nitrogens is 2. The van der Waals surface area contributed by atoms with Gasteiger partial charge in [-0.15, -0.1) is 11.3 Å². The summed E-state index contributed by atoms with van der Waals surface area (Å²) in [5.41, 5.74) is 1.84. The van der Waals surface area contributed by atoms with Crippen LogP contribution in [0.15, 0.2) is 76.7 Å². The minimum absolute atomic E-state index is 0.0825. The van der Waals surface area contributed by atoms with Crippen LogP contribution in [0.5, 0.6) is 11.6 Å². The molecule has 1 aliphatic carbocycles. The molecule has 1 saturated carbocycles. The first-order chi connectivity index (χ1) is 17.9. The van der Waals surface area contributed by atoms with Crippen molar-refractivity contribution >= 4 is 27.3 Å². The normalized spacial score (nSPS) is 13.2. The van der Waals surface area contributed by atoms with E-state index >= 15 is 0 Å². The van der Waals surface area contributed by atoms with Gasteiger partial charge in [0.25, 0.3) is 15.9 Å². The molecule has 1 aliphatic rings. The van der Waals surface area contributed by atoms with E-state index in [1.54, 1.807) is 12.3 Å². The van der Waals surface area contributed by atoms with Crippen molar-refractivity contribution in [2.75, 3.05) is 6.61 Å². The predicted octanol–water partition coefficient (Wildman–Crippen LogP) is 4.83. The summed E-state index contributed by atoms with van der Waals surface area (Å²) in [6, 6.07) is 14.8. The second-order valence-corrected chi connectivity index (χ2v) is 11.2. The van der Waals surface area contributed by atoms with Crippen LogP contribution in [0.4, 0.5) is 4.39 Å². The SMILES string of the molecule is O=C(NS(=O)(=O)c1nccs1)c1ccc(COc2cccc(-c3ccc(OCC4CC4)nc3)c2)c(F)c1. The van der Waals surface area contributed by atoms with Crippen molar-refractivity contribution < 1.29 is 27.1 Å². The van der Waals surface area contributed by atoms with Crippen molar-refractivity contribution in [3.8, 4) is 22.8 Å². The Morgan fingerprint density at radius 3 is 2.62 bits per heavy atom. The van der Waals surface area contributed by atoms with Gasteiger partial charge in [-0.1, -0.05) is 18.2 Å². The van der Waals surface area contributed by atoms with Gasteiger partial charge in [-0.05, 0) is 54.7 Å². The summed E-state index contributed by atoms with van der Waals surface area (Å²) < 4.78 is 52.1.